The maximum Gasteiger partial charge on any atom is 0.326 e. The molecule has 1 heterocycles. The molecule has 4 atom stereocenters. The van der Waals surface area contributed by atoms with E-state index in [1.165, 1.54) is 11.8 Å². The maximum absolute atomic E-state index is 13.1. The molecule has 0 saturated carbocycles. The highest BCUT2D eigenvalue weighted by Gasteiger charge is 2.31. The van der Waals surface area contributed by atoms with Crippen LogP contribution in [-0.4, -0.2) is 76.9 Å². The van der Waals surface area contributed by atoms with Crippen molar-refractivity contribution in [2.75, 3.05) is 25.1 Å². The largest absolute Gasteiger partial charge is 0.480 e. The van der Waals surface area contributed by atoms with E-state index in [0.717, 1.165) is 22.8 Å². The number of rotatable bonds is 15. The molecule has 0 aromatic heterocycles. The van der Waals surface area contributed by atoms with Gasteiger partial charge in [0.2, 0.25) is 17.7 Å². The van der Waals surface area contributed by atoms with Crippen LogP contribution in [0.15, 0.2) is 42.5 Å². The fourth-order valence-corrected chi connectivity index (χ4v) is 5.29. The average Bonchev–Trinajstić information content (AvgIpc) is 3.36. The second-order valence-electron chi connectivity index (χ2n) is 10.2. The van der Waals surface area contributed by atoms with E-state index in [1.54, 1.807) is 0 Å². The van der Waals surface area contributed by atoms with Gasteiger partial charge in [0.15, 0.2) is 0 Å². The Kier molecular flexibility index (Phi) is 11.6. The summed E-state index contributed by atoms with van der Waals surface area (Å²) >= 11 is 1.53. The van der Waals surface area contributed by atoms with Crippen LogP contribution in [0.4, 0.5) is 0 Å². The Labute approximate surface area is 234 Å². The van der Waals surface area contributed by atoms with Crippen molar-refractivity contribution in [3.05, 3.63) is 48.0 Å². The van der Waals surface area contributed by atoms with Gasteiger partial charge in [0.05, 0.1) is 6.54 Å². The summed E-state index contributed by atoms with van der Waals surface area (Å²) in [5, 5.41) is 20.3. The highest BCUT2D eigenvalue weighted by molar-refractivity contribution is 7.98. The summed E-state index contributed by atoms with van der Waals surface area (Å²) in [6, 6.07) is 12.3. The molecule has 1 aliphatic rings. The van der Waals surface area contributed by atoms with Gasteiger partial charge in [-0.3, -0.25) is 19.3 Å². The molecular formula is C29H40N4O5S. The van der Waals surface area contributed by atoms with Gasteiger partial charge >= 0.3 is 5.97 Å². The molecule has 1 fully saturated rings. The lowest BCUT2D eigenvalue weighted by atomic mass is 9.97. The molecule has 212 valence electrons. The molecule has 2 aromatic carbocycles. The molecular weight excluding hydrogens is 516 g/mol. The maximum atomic E-state index is 13.1. The highest BCUT2D eigenvalue weighted by atomic mass is 32.2. The van der Waals surface area contributed by atoms with Crippen molar-refractivity contribution in [3.63, 3.8) is 0 Å². The zero-order valence-corrected chi connectivity index (χ0v) is 23.8. The Hall–Kier alpha value is -3.11. The van der Waals surface area contributed by atoms with Gasteiger partial charge in [-0.1, -0.05) is 62.7 Å². The Balaban J connectivity index is 1.82. The van der Waals surface area contributed by atoms with E-state index >= 15 is 0 Å². The summed E-state index contributed by atoms with van der Waals surface area (Å²) in [5.74, 6) is -1.04. The van der Waals surface area contributed by atoms with E-state index in [4.69, 9.17) is 0 Å². The van der Waals surface area contributed by atoms with Crippen LogP contribution in [0.1, 0.15) is 45.1 Å². The Bertz CT molecular complexity index is 1150. The van der Waals surface area contributed by atoms with Gasteiger partial charge in [0.1, 0.15) is 12.1 Å². The first-order valence-electron chi connectivity index (χ1n) is 13.5. The molecule has 0 radical (unpaired) electrons. The minimum Gasteiger partial charge on any atom is -0.480 e. The van der Waals surface area contributed by atoms with Crippen LogP contribution in [0.25, 0.3) is 10.8 Å². The van der Waals surface area contributed by atoms with Gasteiger partial charge < -0.3 is 21.1 Å². The Morgan fingerprint density at radius 2 is 1.90 bits per heavy atom. The van der Waals surface area contributed by atoms with Crippen molar-refractivity contribution >= 4 is 46.2 Å². The molecule has 39 heavy (non-hydrogen) atoms. The van der Waals surface area contributed by atoms with Crippen molar-refractivity contribution in [1.29, 1.82) is 0 Å². The summed E-state index contributed by atoms with van der Waals surface area (Å²) in [7, 11) is 0. The summed E-state index contributed by atoms with van der Waals surface area (Å²) in [6.07, 6.45) is 3.84. The quantitative estimate of drug-likeness (QED) is 0.266. The second-order valence-corrected chi connectivity index (χ2v) is 11.2. The standard InChI is InChI=1S/C29H40N4O5S/c1-4-19(2)25(32-28(36)23-12-13-26(34)30-23)17-33(18-27(35)31-24(29(37)38)14-15-39-3)16-21-10-7-9-20-8-5-6-11-22(20)21/h5-11,19,23-25H,4,12-18H2,1-3H3,(H,30,34)(H,31,35)(H,32,36)(H,37,38)/t19-,23+,24-,25+/m0/s1. The van der Waals surface area contributed by atoms with Crippen LogP contribution in [0.5, 0.6) is 0 Å². The molecule has 2 aromatic rings. The number of carboxylic acids is 1. The van der Waals surface area contributed by atoms with Crippen LogP contribution in [0.2, 0.25) is 0 Å². The normalized spacial score (nSPS) is 17.4. The van der Waals surface area contributed by atoms with Crippen LogP contribution in [-0.2, 0) is 25.7 Å². The Morgan fingerprint density at radius 1 is 1.15 bits per heavy atom. The van der Waals surface area contributed by atoms with Crippen LogP contribution >= 0.6 is 11.8 Å². The van der Waals surface area contributed by atoms with Crippen molar-refractivity contribution in [3.8, 4) is 0 Å². The lowest BCUT2D eigenvalue weighted by Gasteiger charge is -2.32. The smallest absolute Gasteiger partial charge is 0.326 e. The Morgan fingerprint density at radius 3 is 2.56 bits per heavy atom. The number of carbonyl (C=O) groups excluding carboxylic acids is 3. The number of fused-ring (bicyclic) bond motifs is 1. The molecule has 1 saturated heterocycles. The van der Waals surface area contributed by atoms with Gasteiger partial charge in [0, 0.05) is 25.6 Å². The number of carboxylic acid groups (broad SMARTS) is 1. The SMILES string of the molecule is CC[C@H](C)[C@@H](CN(CC(=O)N[C@@H](CCSC)C(=O)O)Cc1cccc2ccccc12)NC(=O)[C@H]1CCC(=O)N1. The monoisotopic (exact) mass is 556 g/mol. The fraction of sp³-hybridized carbons (Fsp3) is 0.517. The van der Waals surface area contributed by atoms with Gasteiger partial charge in [-0.05, 0) is 47.1 Å². The lowest BCUT2D eigenvalue weighted by molar-refractivity contribution is -0.142. The second kappa shape index (κ2) is 14.9. The number of amides is 3. The van der Waals surface area contributed by atoms with E-state index in [9.17, 15) is 24.3 Å². The van der Waals surface area contributed by atoms with Gasteiger partial charge in [-0.15, -0.1) is 0 Å². The molecule has 1 aliphatic heterocycles. The number of nitrogens with one attached hydrogen (secondary N) is 3. The third kappa shape index (κ3) is 8.96. The number of aliphatic carboxylic acids is 1. The minimum absolute atomic E-state index is 0.0186. The number of thioether (sulfide) groups is 1. The van der Waals surface area contributed by atoms with Crippen LogP contribution in [0.3, 0.4) is 0 Å². The highest BCUT2D eigenvalue weighted by Crippen LogP contribution is 2.21. The van der Waals surface area contributed by atoms with Gasteiger partial charge in [-0.2, -0.15) is 11.8 Å². The third-order valence-corrected chi connectivity index (χ3v) is 7.95. The summed E-state index contributed by atoms with van der Waals surface area (Å²) in [5.41, 5.74) is 1.04. The molecule has 0 bridgehead atoms. The average molecular weight is 557 g/mol. The van der Waals surface area contributed by atoms with Crippen molar-refractivity contribution in [2.45, 2.75) is 64.2 Å². The first kappa shape index (κ1) is 30.4. The van der Waals surface area contributed by atoms with E-state index in [0.29, 0.717) is 38.1 Å². The van der Waals surface area contributed by atoms with Crippen molar-refractivity contribution in [2.24, 2.45) is 5.92 Å². The first-order valence-corrected chi connectivity index (χ1v) is 14.9. The van der Waals surface area contributed by atoms with E-state index in [-0.39, 0.29) is 36.2 Å². The lowest BCUT2D eigenvalue weighted by Crippen LogP contribution is -2.53. The molecule has 0 unspecified atom stereocenters. The fourth-order valence-electron chi connectivity index (χ4n) is 4.82. The zero-order valence-electron chi connectivity index (χ0n) is 22.9. The molecule has 4 N–H and O–H groups in total. The van der Waals surface area contributed by atoms with Crippen molar-refractivity contribution < 1.29 is 24.3 Å². The zero-order chi connectivity index (χ0) is 28.4. The van der Waals surface area contributed by atoms with Crippen LogP contribution in [0, 0.1) is 5.92 Å². The molecule has 3 amide bonds. The van der Waals surface area contributed by atoms with Gasteiger partial charge in [0.25, 0.3) is 0 Å². The molecule has 0 spiro atoms. The predicted molar refractivity (Wildman–Crippen MR) is 154 cm³/mol. The number of benzene rings is 2. The van der Waals surface area contributed by atoms with Crippen molar-refractivity contribution in [1.82, 2.24) is 20.9 Å². The number of hydrogen-bond donors (Lipinski definition) is 4. The van der Waals surface area contributed by atoms with E-state index in [2.05, 4.69) is 22.9 Å². The summed E-state index contributed by atoms with van der Waals surface area (Å²) in [6.45, 7) is 4.92. The molecule has 3 rings (SSSR count). The van der Waals surface area contributed by atoms with Gasteiger partial charge in [-0.25, -0.2) is 4.79 Å². The number of hydrogen-bond acceptors (Lipinski definition) is 6. The molecule has 9 nitrogen and oxygen atoms in total. The molecule has 10 heteroatoms. The predicted octanol–water partition coefficient (Wildman–Crippen LogP) is 2.77. The van der Waals surface area contributed by atoms with E-state index < -0.39 is 18.1 Å². The van der Waals surface area contributed by atoms with Crippen LogP contribution < -0.4 is 16.0 Å². The number of nitrogens with zero attached hydrogens (tertiary/aromatic N) is 1. The number of carbonyl (C=O) groups is 4. The first-order chi connectivity index (χ1) is 18.7. The minimum atomic E-state index is -1.05. The summed E-state index contributed by atoms with van der Waals surface area (Å²) < 4.78 is 0. The topological polar surface area (TPSA) is 128 Å². The third-order valence-electron chi connectivity index (χ3n) is 7.31. The summed E-state index contributed by atoms with van der Waals surface area (Å²) in [4.78, 5) is 51.5. The van der Waals surface area contributed by atoms with E-state index in [1.807, 2.05) is 60.5 Å². The molecule has 0 aliphatic carbocycles.